The Bertz CT molecular complexity index is 1300. The minimum Gasteiger partial charge on any atom is -0.489 e. The summed E-state index contributed by atoms with van der Waals surface area (Å²) in [6.07, 6.45) is 8.36. The van der Waals surface area contributed by atoms with E-state index in [1.54, 1.807) is 6.20 Å². The SMILES string of the molecule is CCCc1cccc(OCc2c(OC(Cc3ncc[nH]3)c3ccccc3)ccc3c2CCCC3=O)c1. The van der Waals surface area contributed by atoms with Gasteiger partial charge in [0, 0.05) is 36.4 Å². The van der Waals surface area contributed by atoms with Crippen LogP contribution in [0.2, 0.25) is 0 Å². The van der Waals surface area contributed by atoms with E-state index >= 15 is 0 Å². The number of imidazole rings is 1. The predicted molar refractivity (Wildman–Crippen MR) is 141 cm³/mol. The van der Waals surface area contributed by atoms with E-state index < -0.39 is 0 Å². The third-order valence-electron chi connectivity index (χ3n) is 6.71. The second kappa shape index (κ2) is 11.3. The molecule has 0 radical (unpaired) electrons. The van der Waals surface area contributed by atoms with Crippen LogP contribution in [-0.2, 0) is 25.9 Å². The number of hydrogen-bond acceptors (Lipinski definition) is 4. The van der Waals surface area contributed by atoms with Gasteiger partial charge < -0.3 is 14.5 Å². The fraction of sp³-hybridized carbons (Fsp3) is 0.290. The van der Waals surface area contributed by atoms with Gasteiger partial charge in [0.15, 0.2) is 5.78 Å². The summed E-state index contributed by atoms with van der Waals surface area (Å²) in [7, 11) is 0. The first-order chi connectivity index (χ1) is 17.7. The van der Waals surface area contributed by atoms with E-state index in [1.807, 2.05) is 48.7 Å². The van der Waals surface area contributed by atoms with E-state index in [0.29, 0.717) is 19.4 Å². The topological polar surface area (TPSA) is 64.2 Å². The van der Waals surface area contributed by atoms with Crippen LogP contribution < -0.4 is 9.47 Å². The number of Topliss-reactive ketones (excluding diaryl/α,β-unsaturated/α-hetero) is 1. The monoisotopic (exact) mass is 480 g/mol. The molecule has 3 aromatic carbocycles. The molecular weight excluding hydrogens is 448 g/mol. The lowest BCUT2D eigenvalue weighted by Crippen LogP contribution is -2.18. The summed E-state index contributed by atoms with van der Waals surface area (Å²) in [4.78, 5) is 20.3. The molecule has 184 valence electrons. The average Bonchev–Trinajstić information content (AvgIpc) is 3.42. The molecule has 0 spiro atoms. The number of carbonyl (C=O) groups is 1. The third-order valence-corrected chi connectivity index (χ3v) is 6.71. The molecule has 0 bridgehead atoms. The van der Waals surface area contributed by atoms with Crippen LogP contribution in [0.25, 0.3) is 0 Å². The summed E-state index contributed by atoms with van der Waals surface area (Å²) in [6, 6.07) is 22.3. The van der Waals surface area contributed by atoms with Gasteiger partial charge in [0.2, 0.25) is 0 Å². The number of hydrogen-bond donors (Lipinski definition) is 1. The molecule has 0 aliphatic heterocycles. The number of ketones is 1. The lowest BCUT2D eigenvalue weighted by Gasteiger charge is -2.25. The molecule has 1 aromatic heterocycles. The van der Waals surface area contributed by atoms with E-state index in [-0.39, 0.29) is 11.9 Å². The number of ether oxygens (including phenoxy) is 2. The van der Waals surface area contributed by atoms with Crippen LogP contribution >= 0.6 is 0 Å². The first kappa shape index (κ1) is 23.9. The van der Waals surface area contributed by atoms with Crippen LogP contribution in [0.5, 0.6) is 11.5 Å². The first-order valence-electron chi connectivity index (χ1n) is 12.8. The van der Waals surface area contributed by atoms with E-state index in [0.717, 1.165) is 65.3 Å². The molecule has 1 aliphatic rings. The number of fused-ring (bicyclic) bond motifs is 1. The molecule has 0 saturated heterocycles. The van der Waals surface area contributed by atoms with Crippen molar-refractivity contribution in [3.05, 3.63) is 113 Å². The van der Waals surface area contributed by atoms with Gasteiger partial charge in [0.1, 0.15) is 30.0 Å². The molecule has 0 fully saturated rings. The van der Waals surface area contributed by atoms with Gasteiger partial charge in [-0.25, -0.2) is 4.98 Å². The Morgan fingerprint density at radius 2 is 1.92 bits per heavy atom. The van der Waals surface area contributed by atoms with Crippen molar-refractivity contribution in [3.8, 4) is 11.5 Å². The number of H-pyrrole nitrogens is 1. The Hall–Kier alpha value is -3.86. The van der Waals surface area contributed by atoms with Crippen molar-refractivity contribution in [2.45, 2.75) is 58.2 Å². The molecule has 1 aliphatic carbocycles. The summed E-state index contributed by atoms with van der Waals surface area (Å²) in [5.74, 6) is 2.65. The van der Waals surface area contributed by atoms with Gasteiger partial charge in [-0.2, -0.15) is 0 Å². The molecule has 1 unspecified atom stereocenters. The molecule has 5 rings (SSSR count). The van der Waals surface area contributed by atoms with Gasteiger partial charge in [-0.3, -0.25) is 4.79 Å². The van der Waals surface area contributed by atoms with Crippen LogP contribution in [0.1, 0.15) is 70.7 Å². The van der Waals surface area contributed by atoms with Gasteiger partial charge >= 0.3 is 0 Å². The van der Waals surface area contributed by atoms with Gasteiger partial charge in [0.25, 0.3) is 0 Å². The maximum absolute atomic E-state index is 12.7. The fourth-order valence-corrected chi connectivity index (χ4v) is 4.92. The minimum atomic E-state index is -0.235. The van der Waals surface area contributed by atoms with Gasteiger partial charge in [-0.05, 0) is 60.2 Å². The number of benzene rings is 3. The Kier molecular flexibility index (Phi) is 7.46. The van der Waals surface area contributed by atoms with Crippen LogP contribution in [-0.4, -0.2) is 15.8 Å². The van der Waals surface area contributed by atoms with E-state index in [9.17, 15) is 4.79 Å². The molecule has 5 nitrogen and oxygen atoms in total. The molecule has 1 atom stereocenters. The largest absolute Gasteiger partial charge is 0.489 e. The highest BCUT2D eigenvalue weighted by molar-refractivity contribution is 5.99. The maximum Gasteiger partial charge on any atom is 0.163 e. The highest BCUT2D eigenvalue weighted by atomic mass is 16.5. The third kappa shape index (κ3) is 5.51. The number of nitrogens with zero attached hydrogens (tertiary/aromatic N) is 1. The van der Waals surface area contributed by atoms with Gasteiger partial charge in [0.05, 0.1) is 0 Å². The van der Waals surface area contributed by atoms with Crippen molar-refractivity contribution >= 4 is 5.78 Å². The normalized spacial score (nSPS) is 13.8. The lowest BCUT2D eigenvalue weighted by atomic mass is 9.87. The average molecular weight is 481 g/mol. The Labute approximate surface area is 212 Å². The number of carbonyl (C=O) groups excluding carboxylic acids is 1. The number of aromatic amines is 1. The molecule has 1 heterocycles. The molecule has 5 heteroatoms. The second-order valence-electron chi connectivity index (χ2n) is 9.29. The fourth-order valence-electron chi connectivity index (χ4n) is 4.92. The molecule has 0 amide bonds. The lowest BCUT2D eigenvalue weighted by molar-refractivity contribution is 0.0971. The standard InChI is InChI=1S/C31H32N2O3/c1-2-8-22-9-6-12-24(19-22)35-21-27-25-13-7-14-28(34)26(25)15-16-29(27)36-30(20-31-32-17-18-33-31)23-10-4-3-5-11-23/h3-6,9-12,15-19,30H,2,7-8,13-14,20-21H2,1H3,(H,32,33). The van der Waals surface area contributed by atoms with Crippen molar-refractivity contribution < 1.29 is 14.3 Å². The van der Waals surface area contributed by atoms with Crippen molar-refractivity contribution in [3.63, 3.8) is 0 Å². The van der Waals surface area contributed by atoms with E-state index in [2.05, 4.69) is 41.2 Å². The molecular formula is C31H32N2O3. The molecule has 0 saturated carbocycles. The predicted octanol–water partition coefficient (Wildman–Crippen LogP) is 6.82. The number of nitrogens with one attached hydrogen (secondary N) is 1. The van der Waals surface area contributed by atoms with E-state index in [1.165, 1.54) is 5.56 Å². The minimum absolute atomic E-state index is 0.198. The van der Waals surface area contributed by atoms with Crippen LogP contribution in [0.4, 0.5) is 0 Å². The summed E-state index contributed by atoms with van der Waals surface area (Å²) < 4.78 is 13.0. The number of rotatable bonds is 10. The number of aromatic nitrogens is 2. The van der Waals surface area contributed by atoms with Crippen molar-refractivity contribution in [2.75, 3.05) is 0 Å². The molecule has 4 aromatic rings. The maximum atomic E-state index is 12.7. The zero-order valence-corrected chi connectivity index (χ0v) is 20.7. The highest BCUT2D eigenvalue weighted by Gasteiger charge is 2.25. The van der Waals surface area contributed by atoms with Crippen LogP contribution in [0.15, 0.2) is 79.1 Å². The van der Waals surface area contributed by atoms with Crippen molar-refractivity contribution in [1.29, 1.82) is 0 Å². The summed E-state index contributed by atoms with van der Waals surface area (Å²) in [5.41, 5.74) is 5.15. The zero-order valence-electron chi connectivity index (χ0n) is 20.7. The first-order valence-corrected chi connectivity index (χ1v) is 12.8. The van der Waals surface area contributed by atoms with Crippen molar-refractivity contribution in [2.24, 2.45) is 0 Å². The molecule has 1 N–H and O–H groups in total. The summed E-state index contributed by atoms with van der Waals surface area (Å²) >= 11 is 0. The van der Waals surface area contributed by atoms with E-state index in [4.69, 9.17) is 9.47 Å². The second-order valence-corrected chi connectivity index (χ2v) is 9.29. The Morgan fingerprint density at radius 3 is 2.72 bits per heavy atom. The Balaban J connectivity index is 1.48. The smallest absolute Gasteiger partial charge is 0.163 e. The van der Waals surface area contributed by atoms with Gasteiger partial charge in [-0.15, -0.1) is 0 Å². The van der Waals surface area contributed by atoms with Gasteiger partial charge in [-0.1, -0.05) is 55.8 Å². The Morgan fingerprint density at radius 1 is 1.03 bits per heavy atom. The quantitative estimate of drug-likeness (QED) is 0.270. The van der Waals surface area contributed by atoms with Crippen LogP contribution in [0.3, 0.4) is 0 Å². The summed E-state index contributed by atoms with van der Waals surface area (Å²) in [5, 5.41) is 0. The number of aryl methyl sites for hydroxylation is 1. The highest BCUT2D eigenvalue weighted by Crippen LogP contribution is 2.35. The molecule has 36 heavy (non-hydrogen) atoms. The van der Waals surface area contributed by atoms with Crippen molar-refractivity contribution in [1.82, 2.24) is 9.97 Å². The summed E-state index contributed by atoms with van der Waals surface area (Å²) in [6.45, 7) is 2.53. The van der Waals surface area contributed by atoms with Crippen LogP contribution in [0, 0.1) is 0 Å². The zero-order chi connectivity index (χ0) is 24.7.